The lowest BCUT2D eigenvalue weighted by Crippen LogP contribution is -2.41. The third kappa shape index (κ3) is 2.99. The van der Waals surface area contributed by atoms with E-state index in [0.717, 1.165) is 11.4 Å². The molecule has 1 saturated heterocycles. The lowest BCUT2D eigenvalue weighted by molar-refractivity contribution is 0.00578. The molecular weight excluding hydrogens is 241 g/mol. The summed E-state index contributed by atoms with van der Waals surface area (Å²) in [7, 11) is -0.394. The molecule has 0 aliphatic carbocycles. The van der Waals surface area contributed by atoms with Crippen LogP contribution in [0.1, 0.15) is 39.1 Å². The molecule has 0 atom stereocenters. The Labute approximate surface area is 114 Å². The Balaban J connectivity index is 2.15. The first-order valence-corrected chi connectivity index (χ1v) is 6.44. The van der Waals surface area contributed by atoms with Gasteiger partial charge in [0.05, 0.1) is 11.2 Å². The van der Waals surface area contributed by atoms with Crippen molar-refractivity contribution >= 4 is 13.2 Å². The van der Waals surface area contributed by atoms with Crippen molar-refractivity contribution in [1.82, 2.24) is 4.98 Å². The minimum Gasteiger partial charge on any atom is -0.400 e. The summed E-state index contributed by atoms with van der Waals surface area (Å²) in [6, 6.07) is 3.11. The number of hydrogen-bond donors (Lipinski definition) is 1. The summed E-state index contributed by atoms with van der Waals surface area (Å²) in [5.41, 5.74) is 0.884. The van der Waals surface area contributed by atoms with Crippen LogP contribution in [0, 0.1) is 6.92 Å². The van der Waals surface area contributed by atoms with Gasteiger partial charge in [-0.05, 0) is 40.7 Å². The zero-order chi connectivity index (χ0) is 14.3. The van der Waals surface area contributed by atoms with E-state index in [9.17, 15) is 4.79 Å². The number of nitrogens with one attached hydrogen (secondary N) is 1. The van der Waals surface area contributed by atoms with Crippen molar-refractivity contribution in [2.45, 2.75) is 45.8 Å². The van der Waals surface area contributed by atoms with Gasteiger partial charge in [0.15, 0.2) is 5.43 Å². The van der Waals surface area contributed by atoms with Crippen molar-refractivity contribution in [3.63, 3.8) is 0 Å². The van der Waals surface area contributed by atoms with Crippen LogP contribution in [-0.4, -0.2) is 23.3 Å². The molecule has 0 amide bonds. The van der Waals surface area contributed by atoms with Gasteiger partial charge in [-0.1, -0.05) is 5.98 Å². The van der Waals surface area contributed by atoms with E-state index in [1.165, 1.54) is 0 Å². The summed E-state index contributed by atoms with van der Waals surface area (Å²) in [6.07, 6.45) is 1.82. The number of rotatable bonds is 2. The summed E-state index contributed by atoms with van der Waals surface area (Å²) in [5.74, 6) is 1.82. The number of aryl methyl sites for hydroxylation is 1. The van der Waals surface area contributed by atoms with Gasteiger partial charge in [0.1, 0.15) is 0 Å². The SMILES string of the molecule is Cc1cc(=O)cc(/C=C/B2OC(C)(C)C(C)(C)O2)[nH]1. The van der Waals surface area contributed by atoms with Gasteiger partial charge >= 0.3 is 7.12 Å². The summed E-state index contributed by atoms with van der Waals surface area (Å²) >= 11 is 0. The standard InChI is InChI=1S/C14H20BNO3/c1-10-8-12(17)9-11(16-10)6-7-15-18-13(2,3)14(4,5)19-15/h6-9H,1-5H3,(H,16,17)/b7-6+. The Kier molecular flexibility index (Phi) is 3.45. The van der Waals surface area contributed by atoms with Crippen LogP contribution in [0.5, 0.6) is 0 Å². The third-order valence-corrected chi connectivity index (χ3v) is 3.70. The van der Waals surface area contributed by atoms with Crippen molar-refractivity contribution in [1.29, 1.82) is 0 Å². The van der Waals surface area contributed by atoms with Gasteiger partial charge in [-0.25, -0.2) is 0 Å². The van der Waals surface area contributed by atoms with E-state index >= 15 is 0 Å². The Morgan fingerprint density at radius 2 is 1.74 bits per heavy atom. The number of H-pyrrole nitrogens is 1. The molecular formula is C14H20BNO3. The first kappa shape index (κ1) is 14.1. The molecule has 0 spiro atoms. The van der Waals surface area contributed by atoms with E-state index in [1.54, 1.807) is 12.1 Å². The topological polar surface area (TPSA) is 51.3 Å². The molecule has 0 saturated carbocycles. The molecule has 4 nitrogen and oxygen atoms in total. The summed E-state index contributed by atoms with van der Waals surface area (Å²) in [6.45, 7) is 9.89. The van der Waals surface area contributed by atoms with Crippen LogP contribution >= 0.6 is 0 Å². The van der Waals surface area contributed by atoms with E-state index in [1.807, 2.05) is 46.7 Å². The molecule has 19 heavy (non-hydrogen) atoms. The predicted octanol–water partition coefficient (Wildman–Crippen LogP) is 2.33. The quantitative estimate of drug-likeness (QED) is 0.831. The fourth-order valence-corrected chi connectivity index (χ4v) is 1.95. The molecule has 1 aliphatic rings. The maximum Gasteiger partial charge on any atom is 0.487 e. The predicted molar refractivity (Wildman–Crippen MR) is 76.9 cm³/mol. The lowest BCUT2D eigenvalue weighted by Gasteiger charge is -2.32. The van der Waals surface area contributed by atoms with Gasteiger partial charge in [-0.15, -0.1) is 0 Å². The van der Waals surface area contributed by atoms with Crippen molar-refractivity contribution in [2.24, 2.45) is 0 Å². The Morgan fingerprint density at radius 3 is 2.26 bits per heavy atom. The molecule has 1 aromatic heterocycles. The molecule has 1 fully saturated rings. The fraction of sp³-hybridized carbons (Fsp3) is 0.500. The average molecular weight is 261 g/mol. The molecule has 2 heterocycles. The van der Waals surface area contributed by atoms with Gasteiger partial charge in [-0.3, -0.25) is 4.79 Å². The molecule has 1 N–H and O–H groups in total. The van der Waals surface area contributed by atoms with E-state index in [2.05, 4.69) is 4.98 Å². The van der Waals surface area contributed by atoms with Crippen LogP contribution in [0.2, 0.25) is 0 Å². The zero-order valence-electron chi connectivity index (χ0n) is 12.1. The first-order chi connectivity index (χ1) is 8.69. The van der Waals surface area contributed by atoms with Crippen LogP contribution in [0.3, 0.4) is 0 Å². The second-order valence-electron chi connectivity index (χ2n) is 5.94. The van der Waals surface area contributed by atoms with E-state index in [0.29, 0.717) is 0 Å². The highest BCUT2D eigenvalue weighted by Gasteiger charge is 2.49. The number of pyridine rings is 1. The molecule has 0 aromatic carbocycles. The van der Waals surface area contributed by atoms with Crippen molar-refractivity contribution in [2.75, 3.05) is 0 Å². The van der Waals surface area contributed by atoms with Crippen molar-refractivity contribution in [3.05, 3.63) is 39.7 Å². The number of aromatic amines is 1. The molecule has 0 unspecified atom stereocenters. The number of hydrogen-bond acceptors (Lipinski definition) is 3. The van der Waals surface area contributed by atoms with Crippen LogP contribution in [0.25, 0.3) is 6.08 Å². The summed E-state index contributed by atoms with van der Waals surface area (Å²) in [4.78, 5) is 14.5. The molecule has 2 rings (SSSR count). The van der Waals surface area contributed by atoms with Gasteiger partial charge in [0.2, 0.25) is 0 Å². The van der Waals surface area contributed by atoms with Crippen LogP contribution in [0.4, 0.5) is 0 Å². The van der Waals surface area contributed by atoms with E-state index < -0.39 is 7.12 Å². The molecule has 0 bridgehead atoms. The molecule has 102 valence electrons. The van der Waals surface area contributed by atoms with Gasteiger partial charge < -0.3 is 14.3 Å². The smallest absolute Gasteiger partial charge is 0.400 e. The maximum absolute atomic E-state index is 11.4. The minimum absolute atomic E-state index is 0.00943. The summed E-state index contributed by atoms with van der Waals surface area (Å²) < 4.78 is 11.7. The normalized spacial score (nSPS) is 21.2. The lowest BCUT2D eigenvalue weighted by atomic mass is 9.89. The second-order valence-corrected chi connectivity index (χ2v) is 5.94. The van der Waals surface area contributed by atoms with Crippen molar-refractivity contribution in [3.8, 4) is 0 Å². The van der Waals surface area contributed by atoms with Crippen molar-refractivity contribution < 1.29 is 9.31 Å². The Morgan fingerprint density at radius 1 is 1.16 bits per heavy atom. The Hall–Kier alpha value is -1.33. The highest BCUT2D eigenvalue weighted by molar-refractivity contribution is 6.52. The summed E-state index contributed by atoms with van der Waals surface area (Å²) in [5, 5.41) is 0. The fourth-order valence-electron chi connectivity index (χ4n) is 1.95. The first-order valence-electron chi connectivity index (χ1n) is 6.44. The number of aromatic nitrogens is 1. The molecule has 5 heteroatoms. The average Bonchev–Trinajstić information content (AvgIpc) is 2.43. The molecule has 1 aromatic rings. The highest BCUT2D eigenvalue weighted by atomic mass is 16.7. The minimum atomic E-state index is -0.394. The van der Waals surface area contributed by atoms with Gasteiger partial charge in [-0.2, -0.15) is 0 Å². The molecule has 1 aliphatic heterocycles. The van der Waals surface area contributed by atoms with Gasteiger partial charge in [0, 0.05) is 23.5 Å². The largest absolute Gasteiger partial charge is 0.487 e. The second kappa shape index (κ2) is 4.65. The van der Waals surface area contributed by atoms with E-state index in [4.69, 9.17) is 9.31 Å². The zero-order valence-corrected chi connectivity index (χ0v) is 12.1. The highest BCUT2D eigenvalue weighted by Crippen LogP contribution is 2.36. The van der Waals surface area contributed by atoms with E-state index in [-0.39, 0.29) is 16.6 Å². The Bertz CT molecular complexity index is 544. The molecule has 0 radical (unpaired) electrons. The third-order valence-electron chi connectivity index (χ3n) is 3.70. The maximum atomic E-state index is 11.4. The van der Waals surface area contributed by atoms with Crippen LogP contribution in [0.15, 0.2) is 22.9 Å². The van der Waals surface area contributed by atoms with Crippen LogP contribution in [-0.2, 0) is 9.31 Å². The van der Waals surface area contributed by atoms with Gasteiger partial charge in [0.25, 0.3) is 0 Å². The monoisotopic (exact) mass is 261 g/mol. The van der Waals surface area contributed by atoms with Crippen LogP contribution < -0.4 is 5.43 Å².